The lowest BCUT2D eigenvalue weighted by Gasteiger charge is -2.27. The highest BCUT2D eigenvalue weighted by Gasteiger charge is 2.37. The van der Waals surface area contributed by atoms with Crippen molar-refractivity contribution in [3.8, 4) is 0 Å². The van der Waals surface area contributed by atoms with Crippen LogP contribution in [0.5, 0.6) is 0 Å². The standard InChI is InChI=1S/C17H14F3N5/c18-17(19,20)16-22-21-14-6-7-15(23-25(14)16)24-10-8-13(9-11-24)12-4-2-1-3-5-12/h1-8H,9-11H2. The van der Waals surface area contributed by atoms with E-state index in [1.165, 1.54) is 17.2 Å². The fraction of sp³-hybridized carbons (Fsp3) is 0.235. The molecular weight excluding hydrogens is 331 g/mol. The molecule has 0 saturated heterocycles. The van der Waals surface area contributed by atoms with Gasteiger partial charge in [0.25, 0.3) is 5.82 Å². The lowest BCUT2D eigenvalue weighted by molar-refractivity contribution is -0.146. The largest absolute Gasteiger partial charge is 0.453 e. The van der Waals surface area contributed by atoms with Crippen molar-refractivity contribution >= 4 is 17.0 Å². The van der Waals surface area contributed by atoms with E-state index in [0.717, 1.165) is 10.9 Å². The highest BCUT2D eigenvalue weighted by molar-refractivity contribution is 5.68. The minimum atomic E-state index is -4.59. The molecule has 3 aromatic rings. The van der Waals surface area contributed by atoms with Gasteiger partial charge >= 0.3 is 6.18 Å². The minimum absolute atomic E-state index is 0.0774. The third-order valence-corrected chi connectivity index (χ3v) is 4.18. The summed E-state index contributed by atoms with van der Waals surface area (Å²) < 4.78 is 39.7. The quantitative estimate of drug-likeness (QED) is 0.714. The zero-order valence-corrected chi connectivity index (χ0v) is 13.1. The number of halogens is 3. The van der Waals surface area contributed by atoms with Crippen LogP contribution in [-0.4, -0.2) is 32.9 Å². The van der Waals surface area contributed by atoms with E-state index < -0.39 is 12.0 Å². The Morgan fingerprint density at radius 2 is 1.76 bits per heavy atom. The number of hydrogen-bond donors (Lipinski definition) is 0. The fourth-order valence-corrected chi connectivity index (χ4v) is 2.92. The van der Waals surface area contributed by atoms with Gasteiger partial charge in [0, 0.05) is 13.1 Å². The van der Waals surface area contributed by atoms with E-state index in [1.807, 2.05) is 23.1 Å². The zero-order valence-electron chi connectivity index (χ0n) is 13.1. The number of benzene rings is 1. The molecule has 2 aromatic heterocycles. The van der Waals surface area contributed by atoms with Crippen LogP contribution in [0.4, 0.5) is 19.0 Å². The molecular formula is C17H14F3N5. The van der Waals surface area contributed by atoms with Crippen LogP contribution >= 0.6 is 0 Å². The van der Waals surface area contributed by atoms with Crippen LogP contribution in [0.2, 0.25) is 0 Å². The molecule has 25 heavy (non-hydrogen) atoms. The summed E-state index contributed by atoms with van der Waals surface area (Å²) in [7, 11) is 0. The molecule has 0 unspecified atom stereocenters. The predicted octanol–water partition coefficient (Wildman–Crippen LogP) is 3.44. The monoisotopic (exact) mass is 345 g/mol. The van der Waals surface area contributed by atoms with E-state index >= 15 is 0 Å². The first-order valence-corrected chi connectivity index (χ1v) is 7.81. The average Bonchev–Trinajstić information content (AvgIpc) is 3.06. The summed E-state index contributed by atoms with van der Waals surface area (Å²) in [6.45, 7) is 1.27. The van der Waals surface area contributed by atoms with Gasteiger partial charge in [0.1, 0.15) is 5.82 Å². The maximum absolute atomic E-state index is 13.0. The number of alkyl halides is 3. The van der Waals surface area contributed by atoms with Crippen molar-refractivity contribution in [1.29, 1.82) is 0 Å². The van der Waals surface area contributed by atoms with E-state index in [9.17, 15) is 13.2 Å². The molecule has 4 rings (SSSR count). The van der Waals surface area contributed by atoms with E-state index in [2.05, 4.69) is 33.5 Å². The number of anilines is 1. The number of fused-ring (bicyclic) bond motifs is 1. The zero-order chi connectivity index (χ0) is 17.4. The lowest BCUT2D eigenvalue weighted by Crippen LogP contribution is -2.29. The third-order valence-electron chi connectivity index (χ3n) is 4.18. The molecule has 0 N–H and O–H groups in total. The minimum Gasteiger partial charge on any atom is -0.351 e. The van der Waals surface area contributed by atoms with E-state index in [4.69, 9.17) is 0 Å². The molecule has 128 valence electrons. The van der Waals surface area contributed by atoms with Crippen LogP contribution in [0.15, 0.2) is 48.5 Å². The second-order valence-electron chi connectivity index (χ2n) is 5.77. The molecule has 1 aromatic carbocycles. The van der Waals surface area contributed by atoms with Crippen LogP contribution in [0, 0.1) is 0 Å². The van der Waals surface area contributed by atoms with Crippen molar-refractivity contribution in [3.05, 3.63) is 59.9 Å². The first kappa shape index (κ1) is 15.6. The van der Waals surface area contributed by atoms with E-state index in [0.29, 0.717) is 18.9 Å². The van der Waals surface area contributed by atoms with Gasteiger partial charge in [0.2, 0.25) is 0 Å². The van der Waals surface area contributed by atoms with Gasteiger partial charge in [-0.25, -0.2) is 0 Å². The smallest absolute Gasteiger partial charge is 0.351 e. The van der Waals surface area contributed by atoms with Gasteiger partial charge in [-0.05, 0) is 29.7 Å². The molecule has 0 fully saturated rings. The topological polar surface area (TPSA) is 46.3 Å². The fourth-order valence-electron chi connectivity index (χ4n) is 2.92. The van der Waals surface area contributed by atoms with Crippen molar-refractivity contribution in [1.82, 2.24) is 19.8 Å². The van der Waals surface area contributed by atoms with Crippen molar-refractivity contribution in [2.24, 2.45) is 0 Å². The molecule has 0 bridgehead atoms. The first-order valence-electron chi connectivity index (χ1n) is 7.81. The third kappa shape index (κ3) is 2.95. The Morgan fingerprint density at radius 3 is 2.44 bits per heavy atom. The van der Waals surface area contributed by atoms with Gasteiger partial charge in [-0.1, -0.05) is 36.4 Å². The maximum Gasteiger partial charge on any atom is 0.453 e. The summed E-state index contributed by atoms with van der Waals surface area (Å²) in [5.41, 5.74) is 2.48. The van der Waals surface area contributed by atoms with Gasteiger partial charge in [0.05, 0.1) is 0 Å². The lowest BCUT2D eigenvalue weighted by atomic mass is 10.00. The van der Waals surface area contributed by atoms with Crippen molar-refractivity contribution < 1.29 is 13.2 Å². The number of rotatable bonds is 2. The Hall–Kier alpha value is -2.90. The molecule has 0 aliphatic carbocycles. The predicted molar refractivity (Wildman–Crippen MR) is 87.0 cm³/mol. The summed E-state index contributed by atoms with van der Waals surface area (Å²) in [6, 6.07) is 13.2. The molecule has 1 aliphatic rings. The Labute approximate surface area is 141 Å². The number of hydrogen-bond acceptors (Lipinski definition) is 4. The number of nitrogens with zero attached hydrogens (tertiary/aromatic N) is 5. The van der Waals surface area contributed by atoms with Crippen molar-refractivity contribution in [3.63, 3.8) is 0 Å². The molecule has 5 nitrogen and oxygen atoms in total. The van der Waals surface area contributed by atoms with Crippen LogP contribution in [0.3, 0.4) is 0 Å². The first-order chi connectivity index (χ1) is 12.0. The summed E-state index contributed by atoms with van der Waals surface area (Å²) in [5.74, 6) is -0.636. The van der Waals surface area contributed by atoms with Crippen molar-refractivity contribution in [2.45, 2.75) is 12.6 Å². The number of aromatic nitrogens is 4. The molecule has 0 radical (unpaired) electrons. The highest BCUT2D eigenvalue weighted by atomic mass is 19.4. The van der Waals surface area contributed by atoms with Gasteiger partial charge in [-0.2, -0.15) is 17.7 Å². The van der Waals surface area contributed by atoms with Gasteiger partial charge < -0.3 is 4.90 Å². The van der Waals surface area contributed by atoms with Gasteiger partial charge in [-0.15, -0.1) is 15.3 Å². The van der Waals surface area contributed by atoms with Crippen LogP contribution in [-0.2, 0) is 6.18 Å². The molecule has 1 aliphatic heterocycles. The maximum atomic E-state index is 13.0. The second kappa shape index (κ2) is 5.87. The summed E-state index contributed by atoms with van der Waals surface area (Å²) in [5, 5.41) is 10.8. The SMILES string of the molecule is FC(F)(F)c1nnc2ccc(N3CC=C(c4ccccc4)CC3)nn12. The summed E-state index contributed by atoms with van der Waals surface area (Å²) >= 11 is 0. The summed E-state index contributed by atoms with van der Waals surface area (Å²) in [4.78, 5) is 1.94. The second-order valence-corrected chi connectivity index (χ2v) is 5.77. The molecule has 0 saturated carbocycles. The molecule has 0 atom stereocenters. The van der Waals surface area contributed by atoms with Crippen molar-refractivity contribution in [2.75, 3.05) is 18.0 Å². The Balaban J connectivity index is 1.62. The van der Waals surface area contributed by atoms with E-state index in [1.54, 1.807) is 6.07 Å². The Kier molecular flexibility index (Phi) is 3.67. The molecule has 3 heterocycles. The average molecular weight is 345 g/mol. The molecule has 0 amide bonds. The van der Waals surface area contributed by atoms with Crippen LogP contribution in [0.25, 0.3) is 11.2 Å². The van der Waals surface area contributed by atoms with Gasteiger partial charge in [-0.3, -0.25) is 0 Å². The molecule has 0 spiro atoms. The Morgan fingerprint density at radius 1 is 0.960 bits per heavy atom. The van der Waals surface area contributed by atoms with Crippen LogP contribution in [0.1, 0.15) is 17.8 Å². The Bertz CT molecular complexity index is 930. The van der Waals surface area contributed by atoms with Crippen LogP contribution < -0.4 is 4.90 Å². The van der Waals surface area contributed by atoms with E-state index in [-0.39, 0.29) is 5.65 Å². The normalized spacial score (nSPS) is 15.5. The summed E-state index contributed by atoms with van der Waals surface area (Å²) in [6.07, 6.45) is -1.70. The highest BCUT2D eigenvalue weighted by Crippen LogP contribution is 2.29. The van der Waals surface area contributed by atoms with Gasteiger partial charge in [0.15, 0.2) is 5.65 Å². The molecule has 8 heteroatoms.